The highest BCUT2D eigenvalue weighted by Gasteiger charge is 2.22. The molecule has 3 rings (SSSR count). The summed E-state index contributed by atoms with van der Waals surface area (Å²) >= 11 is 1.56. The van der Waals surface area contributed by atoms with Gasteiger partial charge in [0, 0.05) is 57.6 Å². The van der Waals surface area contributed by atoms with E-state index in [4.69, 9.17) is 0 Å². The Morgan fingerprint density at radius 3 is 2.96 bits per heavy atom. The van der Waals surface area contributed by atoms with Crippen molar-refractivity contribution in [1.82, 2.24) is 19.9 Å². The van der Waals surface area contributed by atoms with Crippen molar-refractivity contribution in [1.29, 1.82) is 0 Å². The van der Waals surface area contributed by atoms with Crippen LogP contribution in [0.25, 0.3) is 0 Å². The van der Waals surface area contributed by atoms with E-state index in [1.807, 2.05) is 48.7 Å². The van der Waals surface area contributed by atoms with E-state index in [9.17, 15) is 4.79 Å². The molecule has 1 amide bonds. The SMILES string of the molecule is CSc1nccc(N2CCCC(CCC(=O)N(C)CCc3ccccn3)C2)n1. The minimum absolute atomic E-state index is 0.222. The lowest BCUT2D eigenvalue weighted by Gasteiger charge is -2.33. The summed E-state index contributed by atoms with van der Waals surface area (Å²) in [6.45, 7) is 2.71. The quantitative estimate of drug-likeness (QED) is 0.501. The monoisotopic (exact) mass is 399 g/mol. The van der Waals surface area contributed by atoms with Crippen molar-refractivity contribution >= 4 is 23.5 Å². The van der Waals surface area contributed by atoms with Gasteiger partial charge in [0.1, 0.15) is 5.82 Å². The van der Waals surface area contributed by atoms with Crippen molar-refractivity contribution in [3.8, 4) is 0 Å². The molecule has 0 radical (unpaired) electrons. The van der Waals surface area contributed by atoms with Crippen molar-refractivity contribution in [3.63, 3.8) is 0 Å². The van der Waals surface area contributed by atoms with Gasteiger partial charge in [0.15, 0.2) is 5.16 Å². The third kappa shape index (κ3) is 5.92. The fourth-order valence-electron chi connectivity index (χ4n) is 3.59. The highest BCUT2D eigenvalue weighted by atomic mass is 32.2. The molecule has 150 valence electrons. The first-order valence-corrected chi connectivity index (χ1v) is 11.1. The second kappa shape index (κ2) is 10.4. The number of likely N-dealkylation sites (N-methyl/N-ethyl adjacent to an activating group) is 1. The second-order valence-corrected chi connectivity index (χ2v) is 8.05. The van der Waals surface area contributed by atoms with Gasteiger partial charge in [0.2, 0.25) is 5.91 Å². The number of hydrogen-bond acceptors (Lipinski definition) is 6. The van der Waals surface area contributed by atoms with Crippen molar-refractivity contribution < 1.29 is 4.79 Å². The topological polar surface area (TPSA) is 62.2 Å². The van der Waals surface area contributed by atoms with Gasteiger partial charge in [-0.05, 0) is 49.6 Å². The van der Waals surface area contributed by atoms with Crippen molar-refractivity contribution in [3.05, 3.63) is 42.4 Å². The molecule has 0 aromatic carbocycles. The highest BCUT2D eigenvalue weighted by molar-refractivity contribution is 7.98. The predicted molar refractivity (Wildman–Crippen MR) is 114 cm³/mol. The zero-order valence-electron chi connectivity index (χ0n) is 16.8. The van der Waals surface area contributed by atoms with E-state index >= 15 is 0 Å². The Morgan fingerprint density at radius 1 is 1.29 bits per heavy atom. The Morgan fingerprint density at radius 2 is 2.18 bits per heavy atom. The minimum atomic E-state index is 0.222. The lowest BCUT2D eigenvalue weighted by Crippen LogP contribution is -2.37. The van der Waals surface area contributed by atoms with Crippen molar-refractivity contribution in [2.45, 2.75) is 37.3 Å². The fourth-order valence-corrected chi connectivity index (χ4v) is 3.94. The number of anilines is 1. The molecule has 1 aliphatic heterocycles. The summed E-state index contributed by atoms with van der Waals surface area (Å²) in [5.41, 5.74) is 1.03. The van der Waals surface area contributed by atoms with Gasteiger partial charge in [-0.3, -0.25) is 9.78 Å². The third-order valence-electron chi connectivity index (χ3n) is 5.27. The van der Waals surface area contributed by atoms with Crippen LogP contribution in [-0.4, -0.2) is 58.7 Å². The van der Waals surface area contributed by atoms with Crippen LogP contribution in [0.15, 0.2) is 41.8 Å². The molecule has 1 fully saturated rings. The summed E-state index contributed by atoms with van der Waals surface area (Å²) in [6, 6.07) is 7.89. The van der Waals surface area contributed by atoms with Gasteiger partial charge in [-0.1, -0.05) is 17.8 Å². The van der Waals surface area contributed by atoms with Crippen LogP contribution in [0.3, 0.4) is 0 Å². The van der Waals surface area contributed by atoms with E-state index in [2.05, 4.69) is 19.9 Å². The van der Waals surface area contributed by atoms with Gasteiger partial charge in [0.25, 0.3) is 0 Å². The standard InChI is InChI=1S/C21H29N5OS/c1-25(15-11-18-7-3-4-12-22-18)20(27)9-8-17-6-5-14-26(16-17)19-10-13-23-21(24-19)28-2/h3-4,7,10,12-13,17H,5-6,8-9,11,14-16H2,1-2H3. The van der Waals surface area contributed by atoms with Crippen LogP contribution >= 0.6 is 11.8 Å². The van der Waals surface area contributed by atoms with Crippen LogP contribution < -0.4 is 4.90 Å². The molecule has 2 aromatic rings. The number of nitrogens with zero attached hydrogens (tertiary/aromatic N) is 5. The number of carbonyl (C=O) groups is 1. The first-order chi connectivity index (χ1) is 13.7. The molecule has 1 saturated heterocycles. The summed E-state index contributed by atoms with van der Waals surface area (Å²) in [6.07, 6.45) is 10.3. The van der Waals surface area contributed by atoms with Gasteiger partial charge in [-0.15, -0.1) is 0 Å². The van der Waals surface area contributed by atoms with E-state index in [-0.39, 0.29) is 5.91 Å². The molecular formula is C21H29N5OS. The second-order valence-electron chi connectivity index (χ2n) is 7.28. The Kier molecular flexibility index (Phi) is 7.65. The molecule has 1 atom stereocenters. The number of rotatable bonds is 8. The zero-order valence-corrected chi connectivity index (χ0v) is 17.6. The van der Waals surface area contributed by atoms with Crippen LogP contribution in [0.4, 0.5) is 5.82 Å². The molecule has 0 spiro atoms. The lowest BCUT2D eigenvalue weighted by molar-refractivity contribution is -0.130. The normalized spacial score (nSPS) is 16.8. The average Bonchev–Trinajstić information content (AvgIpc) is 2.76. The lowest BCUT2D eigenvalue weighted by atomic mass is 9.93. The van der Waals surface area contributed by atoms with Gasteiger partial charge >= 0.3 is 0 Å². The maximum absolute atomic E-state index is 12.5. The molecule has 6 nitrogen and oxygen atoms in total. The van der Waals surface area contributed by atoms with Gasteiger partial charge in [-0.2, -0.15) is 0 Å². The van der Waals surface area contributed by atoms with Crippen LogP contribution in [-0.2, 0) is 11.2 Å². The number of carbonyl (C=O) groups excluding carboxylic acids is 1. The number of hydrogen-bond donors (Lipinski definition) is 0. The van der Waals surface area contributed by atoms with Crippen LogP contribution in [0.2, 0.25) is 0 Å². The summed E-state index contributed by atoms with van der Waals surface area (Å²) in [5, 5.41) is 0.810. The van der Waals surface area contributed by atoms with Gasteiger partial charge < -0.3 is 9.80 Å². The highest BCUT2D eigenvalue weighted by Crippen LogP contribution is 2.25. The van der Waals surface area contributed by atoms with Crippen LogP contribution in [0.1, 0.15) is 31.4 Å². The number of pyridine rings is 1. The number of amides is 1. The van der Waals surface area contributed by atoms with E-state index in [0.717, 1.165) is 49.0 Å². The molecule has 0 aliphatic carbocycles. The maximum Gasteiger partial charge on any atom is 0.222 e. The zero-order chi connectivity index (χ0) is 19.8. The molecule has 1 aliphatic rings. The molecule has 0 saturated carbocycles. The smallest absolute Gasteiger partial charge is 0.222 e. The third-order valence-corrected chi connectivity index (χ3v) is 5.83. The van der Waals surface area contributed by atoms with E-state index < -0.39 is 0 Å². The Balaban J connectivity index is 1.45. The molecule has 0 bridgehead atoms. The molecule has 3 heterocycles. The molecular weight excluding hydrogens is 370 g/mol. The van der Waals surface area contributed by atoms with Gasteiger partial charge in [0.05, 0.1) is 0 Å². The largest absolute Gasteiger partial charge is 0.356 e. The predicted octanol–water partition coefficient (Wildman–Crippen LogP) is 3.29. The van der Waals surface area contributed by atoms with E-state index in [1.54, 1.807) is 18.0 Å². The Labute approximate surface area is 171 Å². The van der Waals surface area contributed by atoms with Crippen molar-refractivity contribution in [2.75, 3.05) is 37.8 Å². The summed E-state index contributed by atoms with van der Waals surface area (Å²) in [7, 11) is 1.89. The maximum atomic E-state index is 12.5. The number of aromatic nitrogens is 3. The van der Waals surface area contributed by atoms with E-state index in [0.29, 0.717) is 18.9 Å². The van der Waals surface area contributed by atoms with Gasteiger partial charge in [-0.25, -0.2) is 9.97 Å². The van der Waals surface area contributed by atoms with Crippen LogP contribution in [0.5, 0.6) is 0 Å². The summed E-state index contributed by atoms with van der Waals surface area (Å²) in [5.74, 6) is 1.76. The molecule has 2 aromatic heterocycles. The molecule has 7 heteroatoms. The number of piperidine rings is 1. The number of thioether (sulfide) groups is 1. The molecule has 0 N–H and O–H groups in total. The minimum Gasteiger partial charge on any atom is -0.356 e. The molecule has 28 heavy (non-hydrogen) atoms. The first kappa shape index (κ1) is 20.6. The fraction of sp³-hybridized carbons (Fsp3) is 0.524. The summed E-state index contributed by atoms with van der Waals surface area (Å²) < 4.78 is 0. The Bertz CT molecular complexity index is 757. The van der Waals surface area contributed by atoms with E-state index in [1.165, 1.54) is 6.42 Å². The summed E-state index contributed by atoms with van der Waals surface area (Å²) in [4.78, 5) is 29.9. The first-order valence-electron chi connectivity index (χ1n) is 9.91. The van der Waals surface area contributed by atoms with Crippen molar-refractivity contribution in [2.24, 2.45) is 5.92 Å². The average molecular weight is 400 g/mol. The Hall–Kier alpha value is -2.15. The molecule has 1 unspecified atom stereocenters. The van der Waals surface area contributed by atoms with Crippen LogP contribution in [0, 0.1) is 5.92 Å².